The van der Waals surface area contributed by atoms with Crippen molar-refractivity contribution in [2.45, 2.75) is 6.18 Å². The molecule has 0 aliphatic rings. The number of rotatable bonds is 4. The molecule has 0 amide bonds. The Hall–Kier alpha value is -3.62. The highest BCUT2D eigenvalue weighted by Crippen LogP contribution is 2.33. The van der Waals surface area contributed by atoms with Crippen LogP contribution in [0.2, 0.25) is 0 Å². The molecule has 150 valence electrons. The van der Waals surface area contributed by atoms with E-state index in [-0.39, 0.29) is 22.5 Å². The van der Waals surface area contributed by atoms with Crippen molar-refractivity contribution in [1.29, 1.82) is 0 Å². The van der Waals surface area contributed by atoms with E-state index in [1.165, 1.54) is 16.8 Å². The van der Waals surface area contributed by atoms with Crippen LogP contribution in [0, 0.1) is 0 Å². The fraction of sp³-hybridized carbons (Fsp3) is 0.150. The summed E-state index contributed by atoms with van der Waals surface area (Å²) in [7, 11) is 2.27. The Bertz CT molecular complexity index is 1040. The molecule has 3 aromatic rings. The van der Waals surface area contributed by atoms with Crippen molar-refractivity contribution < 1.29 is 32.2 Å². The second kappa shape index (κ2) is 7.78. The number of alkyl halides is 3. The maximum absolute atomic E-state index is 12.9. The number of carbonyl (C=O) groups excluding carboxylic acids is 2. The Morgan fingerprint density at radius 3 is 2.00 bits per heavy atom. The predicted molar refractivity (Wildman–Crippen MR) is 96.7 cm³/mol. The first-order valence-electron chi connectivity index (χ1n) is 8.30. The van der Waals surface area contributed by atoms with Gasteiger partial charge in [-0.05, 0) is 24.3 Å². The van der Waals surface area contributed by atoms with E-state index in [1.54, 1.807) is 30.3 Å². The van der Waals surface area contributed by atoms with Gasteiger partial charge in [0.2, 0.25) is 0 Å². The zero-order valence-corrected chi connectivity index (χ0v) is 15.4. The lowest BCUT2D eigenvalue weighted by atomic mass is 10.0. The van der Waals surface area contributed by atoms with Crippen LogP contribution in [0.25, 0.3) is 16.9 Å². The molecule has 0 fully saturated rings. The number of hydrogen-bond donors (Lipinski definition) is 0. The van der Waals surface area contributed by atoms with E-state index in [4.69, 9.17) is 9.47 Å². The Labute approximate surface area is 163 Å². The normalized spacial score (nSPS) is 11.2. The second-order valence-electron chi connectivity index (χ2n) is 5.88. The van der Waals surface area contributed by atoms with Crippen molar-refractivity contribution in [2.75, 3.05) is 14.2 Å². The van der Waals surface area contributed by atoms with Crippen molar-refractivity contribution in [1.82, 2.24) is 9.78 Å². The van der Waals surface area contributed by atoms with Crippen molar-refractivity contribution >= 4 is 11.9 Å². The lowest BCUT2D eigenvalue weighted by Crippen LogP contribution is -2.15. The van der Waals surface area contributed by atoms with Crippen molar-refractivity contribution in [3.63, 3.8) is 0 Å². The summed E-state index contributed by atoms with van der Waals surface area (Å²) >= 11 is 0. The monoisotopic (exact) mass is 404 g/mol. The summed E-state index contributed by atoms with van der Waals surface area (Å²) in [6, 6.07) is 12.5. The molecule has 0 spiro atoms. The molecule has 0 radical (unpaired) electrons. The standard InChI is InChI=1S/C20H15F3N2O4/c1-28-18(26)15-16(12-8-10-13(11-9-12)20(21,22)23)24-25(17(15)19(27)29-2)14-6-4-3-5-7-14/h3-11H,1-2H3. The molecule has 0 saturated heterocycles. The Morgan fingerprint density at radius 1 is 0.897 bits per heavy atom. The zero-order chi connectivity index (χ0) is 21.2. The van der Waals surface area contributed by atoms with Crippen LogP contribution in [0.1, 0.15) is 26.4 Å². The van der Waals surface area contributed by atoms with E-state index < -0.39 is 23.7 Å². The van der Waals surface area contributed by atoms with E-state index in [0.29, 0.717) is 5.69 Å². The summed E-state index contributed by atoms with van der Waals surface area (Å²) in [6.45, 7) is 0. The van der Waals surface area contributed by atoms with Crippen LogP contribution in [0.3, 0.4) is 0 Å². The molecular formula is C20H15F3N2O4. The number of benzene rings is 2. The molecule has 0 N–H and O–H groups in total. The highest BCUT2D eigenvalue weighted by atomic mass is 19.4. The molecule has 0 aliphatic heterocycles. The van der Waals surface area contributed by atoms with Crippen molar-refractivity contribution in [3.05, 3.63) is 71.4 Å². The molecule has 1 heterocycles. The number of esters is 2. The van der Waals surface area contributed by atoms with Crippen LogP contribution in [0.4, 0.5) is 13.2 Å². The second-order valence-corrected chi connectivity index (χ2v) is 5.88. The quantitative estimate of drug-likeness (QED) is 0.612. The molecule has 0 unspecified atom stereocenters. The molecule has 0 saturated carbocycles. The van der Waals surface area contributed by atoms with Crippen molar-refractivity contribution in [2.24, 2.45) is 0 Å². The number of nitrogens with zero attached hydrogens (tertiary/aromatic N) is 2. The predicted octanol–water partition coefficient (Wildman–Crippen LogP) is 4.13. The maximum atomic E-state index is 12.9. The largest absolute Gasteiger partial charge is 0.465 e. The van der Waals surface area contributed by atoms with Gasteiger partial charge in [-0.1, -0.05) is 30.3 Å². The minimum atomic E-state index is -4.51. The van der Waals surface area contributed by atoms with Gasteiger partial charge in [0.05, 0.1) is 25.5 Å². The van der Waals surface area contributed by atoms with Crippen molar-refractivity contribution in [3.8, 4) is 16.9 Å². The fourth-order valence-electron chi connectivity index (χ4n) is 2.77. The highest BCUT2D eigenvalue weighted by Gasteiger charge is 2.33. The van der Waals surface area contributed by atoms with Crippen LogP contribution < -0.4 is 0 Å². The molecule has 29 heavy (non-hydrogen) atoms. The lowest BCUT2D eigenvalue weighted by Gasteiger charge is -2.07. The fourth-order valence-corrected chi connectivity index (χ4v) is 2.77. The van der Waals surface area contributed by atoms with Gasteiger partial charge in [0.25, 0.3) is 0 Å². The van der Waals surface area contributed by atoms with Gasteiger partial charge < -0.3 is 9.47 Å². The number of aromatic nitrogens is 2. The highest BCUT2D eigenvalue weighted by molar-refractivity contribution is 6.06. The number of carbonyl (C=O) groups is 2. The van der Waals surface area contributed by atoms with Crippen LogP contribution in [-0.2, 0) is 15.7 Å². The SMILES string of the molecule is COC(=O)c1c(-c2ccc(C(F)(F)F)cc2)nn(-c2ccccc2)c1C(=O)OC. The van der Waals surface area contributed by atoms with E-state index in [9.17, 15) is 22.8 Å². The number of hydrogen-bond acceptors (Lipinski definition) is 5. The first-order valence-corrected chi connectivity index (χ1v) is 8.30. The van der Waals surface area contributed by atoms with Gasteiger partial charge in [0, 0.05) is 5.56 Å². The van der Waals surface area contributed by atoms with Gasteiger partial charge in [-0.3, -0.25) is 0 Å². The van der Waals surface area contributed by atoms with Gasteiger partial charge in [-0.15, -0.1) is 0 Å². The summed E-state index contributed by atoms with van der Waals surface area (Å²) < 4.78 is 49.4. The summed E-state index contributed by atoms with van der Waals surface area (Å²) in [6.07, 6.45) is -4.51. The van der Waals surface area contributed by atoms with Gasteiger partial charge in [-0.2, -0.15) is 18.3 Å². The number of methoxy groups -OCH3 is 2. The maximum Gasteiger partial charge on any atom is 0.416 e. The molecular weight excluding hydrogens is 389 g/mol. The van der Waals surface area contributed by atoms with Crippen LogP contribution in [0.15, 0.2) is 54.6 Å². The third-order valence-corrected chi connectivity index (χ3v) is 4.14. The summed E-state index contributed by atoms with van der Waals surface area (Å²) in [5.41, 5.74) is -0.593. The Balaban J connectivity index is 2.27. The first-order chi connectivity index (χ1) is 13.8. The zero-order valence-electron chi connectivity index (χ0n) is 15.4. The van der Waals surface area contributed by atoms with Gasteiger partial charge >= 0.3 is 18.1 Å². The average Bonchev–Trinajstić information content (AvgIpc) is 3.13. The van der Waals surface area contributed by atoms with Gasteiger partial charge in [0.1, 0.15) is 11.3 Å². The number of para-hydroxylation sites is 1. The average molecular weight is 404 g/mol. The summed E-state index contributed by atoms with van der Waals surface area (Å²) in [5, 5.41) is 4.31. The molecule has 6 nitrogen and oxygen atoms in total. The third-order valence-electron chi connectivity index (χ3n) is 4.14. The van der Waals surface area contributed by atoms with E-state index >= 15 is 0 Å². The van der Waals surface area contributed by atoms with Crippen LogP contribution in [0.5, 0.6) is 0 Å². The molecule has 9 heteroatoms. The van der Waals surface area contributed by atoms with Gasteiger partial charge in [0.15, 0.2) is 5.69 Å². The smallest absolute Gasteiger partial charge is 0.416 e. The Kier molecular flexibility index (Phi) is 5.40. The molecule has 3 rings (SSSR count). The summed E-state index contributed by atoms with van der Waals surface area (Å²) in [5.74, 6) is -1.72. The molecule has 0 aliphatic carbocycles. The topological polar surface area (TPSA) is 70.4 Å². The molecule has 0 bridgehead atoms. The van der Waals surface area contributed by atoms with Crippen LogP contribution in [-0.4, -0.2) is 35.9 Å². The summed E-state index contributed by atoms with van der Waals surface area (Å²) in [4.78, 5) is 24.9. The molecule has 2 aromatic carbocycles. The lowest BCUT2D eigenvalue weighted by molar-refractivity contribution is -0.137. The van der Waals surface area contributed by atoms with Crippen LogP contribution >= 0.6 is 0 Å². The van der Waals surface area contributed by atoms with E-state index in [0.717, 1.165) is 26.4 Å². The van der Waals surface area contributed by atoms with Gasteiger partial charge in [-0.25, -0.2) is 14.3 Å². The first kappa shape index (κ1) is 20.1. The third kappa shape index (κ3) is 3.84. The van der Waals surface area contributed by atoms with E-state index in [2.05, 4.69) is 5.10 Å². The molecule has 1 aromatic heterocycles. The minimum Gasteiger partial charge on any atom is -0.465 e. The van der Waals surface area contributed by atoms with E-state index in [1.807, 2.05) is 0 Å². The number of ether oxygens (including phenoxy) is 2. The minimum absolute atomic E-state index is 0.00479. The molecule has 0 atom stereocenters. The number of halogens is 3. The Morgan fingerprint density at radius 2 is 1.48 bits per heavy atom.